The molecule has 0 bridgehead atoms. The zero-order chi connectivity index (χ0) is 34.7. The van der Waals surface area contributed by atoms with E-state index in [4.69, 9.17) is 0 Å². The fourth-order valence-corrected chi connectivity index (χ4v) is 9.16. The van der Waals surface area contributed by atoms with Gasteiger partial charge in [-0.15, -0.1) is 0 Å². The maximum absolute atomic E-state index is 11.4. The van der Waals surface area contributed by atoms with Gasteiger partial charge in [-0.1, -0.05) is 133 Å². The number of hydrogen-bond acceptors (Lipinski definition) is 2. The summed E-state index contributed by atoms with van der Waals surface area (Å²) in [4.78, 5) is 14.3. The molecule has 1 aromatic heterocycles. The highest BCUT2D eigenvalue weighted by Gasteiger charge is 2.56. The van der Waals surface area contributed by atoms with Crippen molar-refractivity contribution in [3.8, 4) is 0 Å². The SMILES string of the molecule is CC=C(C=CC(C)N1C2CCCC2C2C=C(C=Cc3cc[n+](CC(=O)O)c4ccccc34)C=CC21C)CC(c1ccccc1)c1ccccc1. The van der Waals surface area contributed by atoms with Crippen LogP contribution in [0.4, 0.5) is 0 Å². The highest BCUT2D eigenvalue weighted by molar-refractivity contribution is 5.86. The number of likely N-dealkylation sites (tertiary alicyclic amines) is 1. The van der Waals surface area contributed by atoms with Crippen LogP contribution in [0.25, 0.3) is 17.0 Å². The van der Waals surface area contributed by atoms with Crippen LogP contribution in [0.3, 0.4) is 0 Å². The van der Waals surface area contributed by atoms with E-state index < -0.39 is 5.97 Å². The summed E-state index contributed by atoms with van der Waals surface area (Å²) in [6.07, 6.45) is 25.6. The maximum atomic E-state index is 11.4. The van der Waals surface area contributed by atoms with Gasteiger partial charge < -0.3 is 5.11 Å². The summed E-state index contributed by atoms with van der Waals surface area (Å²) in [7, 11) is 0. The van der Waals surface area contributed by atoms with Crippen molar-refractivity contribution in [3.05, 3.63) is 168 Å². The average Bonchev–Trinajstić information content (AvgIpc) is 3.70. The molecule has 2 fully saturated rings. The van der Waals surface area contributed by atoms with Crippen LogP contribution in [0.15, 0.2) is 151 Å². The zero-order valence-corrected chi connectivity index (χ0v) is 29.5. The standard InChI is InChI=1S/C46H48N2O2/c1-4-34(30-41(36-14-7-5-8-15-36)37-16-9-6-10-17-37)23-22-33(2)48-44-21-13-19-40(44)42-31-35(26-28-46(42,48)3)24-25-38-27-29-47(32-45(49)50)43-20-12-11-18-39(38)43/h4-12,14-18,20,22-29,31,33,40-42,44H,13,19,21,30,32H2,1-3H3/p+1. The lowest BCUT2D eigenvalue weighted by Crippen LogP contribution is -2.50. The molecule has 2 heterocycles. The average molecular weight is 662 g/mol. The molecule has 1 saturated heterocycles. The molecule has 5 atom stereocenters. The molecule has 4 aromatic rings. The van der Waals surface area contributed by atoms with Gasteiger partial charge in [0.1, 0.15) is 0 Å². The predicted octanol–water partition coefficient (Wildman–Crippen LogP) is 9.69. The number of allylic oxidation sites excluding steroid dienone is 6. The Bertz CT molecular complexity index is 1950. The van der Waals surface area contributed by atoms with Gasteiger partial charge in [-0.3, -0.25) is 4.90 Å². The quantitative estimate of drug-likeness (QED) is 0.129. The molecule has 1 saturated carbocycles. The third-order valence-electron chi connectivity index (χ3n) is 11.5. The van der Waals surface area contributed by atoms with Crippen molar-refractivity contribution >= 4 is 22.9 Å². The number of carboxylic acids is 1. The van der Waals surface area contributed by atoms with Gasteiger partial charge in [0, 0.05) is 41.6 Å². The predicted molar refractivity (Wildman–Crippen MR) is 205 cm³/mol. The van der Waals surface area contributed by atoms with E-state index in [0.717, 1.165) is 22.9 Å². The number of aromatic nitrogens is 1. The Balaban J connectivity index is 1.11. The van der Waals surface area contributed by atoms with Crippen LogP contribution in [-0.2, 0) is 11.3 Å². The molecule has 0 spiro atoms. The summed E-state index contributed by atoms with van der Waals surface area (Å²) < 4.78 is 1.80. The number of rotatable bonds is 11. The van der Waals surface area contributed by atoms with E-state index in [2.05, 4.69) is 141 Å². The minimum Gasteiger partial charge on any atom is -0.477 e. The molecule has 50 heavy (non-hydrogen) atoms. The van der Waals surface area contributed by atoms with Crippen LogP contribution in [0.1, 0.15) is 69.1 Å². The van der Waals surface area contributed by atoms with Crippen LogP contribution in [-0.4, -0.2) is 33.6 Å². The lowest BCUT2D eigenvalue weighted by Gasteiger charge is -2.43. The Morgan fingerprint density at radius 2 is 1.66 bits per heavy atom. The van der Waals surface area contributed by atoms with Gasteiger partial charge in [0.25, 0.3) is 0 Å². The third kappa shape index (κ3) is 6.69. The largest absolute Gasteiger partial charge is 0.477 e. The Labute approximate surface area is 297 Å². The Morgan fingerprint density at radius 3 is 2.36 bits per heavy atom. The topological polar surface area (TPSA) is 44.4 Å². The number of carboxylic acid groups (broad SMARTS) is 1. The van der Waals surface area contributed by atoms with Gasteiger partial charge in [-0.05, 0) is 74.3 Å². The van der Waals surface area contributed by atoms with E-state index in [-0.39, 0.29) is 12.1 Å². The summed E-state index contributed by atoms with van der Waals surface area (Å²) in [6.45, 7) is 6.97. The summed E-state index contributed by atoms with van der Waals surface area (Å²) in [5, 5.41) is 10.5. The van der Waals surface area contributed by atoms with Crippen LogP contribution in [0, 0.1) is 11.8 Å². The van der Waals surface area contributed by atoms with Crippen LogP contribution in [0.2, 0.25) is 0 Å². The van der Waals surface area contributed by atoms with Crippen molar-refractivity contribution < 1.29 is 14.5 Å². The number of para-hydroxylation sites is 1. The molecule has 1 N–H and O–H groups in total. The minimum atomic E-state index is -0.841. The van der Waals surface area contributed by atoms with E-state index in [1.807, 2.05) is 30.5 Å². The smallest absolute Gasteiger partial charge is 0.370 e. The van der Waals surface area contributed by atoms with Gasteiger partial charge in [0.15, 0.2) is 6.20 Å². The van der Waals surface area contributed by atoms with E-state index in [1.165, 1.54) is 41.5 Å². The van der Waals surface area contributed by atoms with Crippen molar-refractivity contribution in [2.45, 2.75) is 76.5 Å². The Morgan fingerprint density at radius 1 is 0.960 bits per heavy atom. The van der Waals surface area contributed by atoms with E-state index in [0.29, 0.717) is 29.8 Å². The second-order valence-electron chi connectivity index (χ2n) is 14.5. The molecular formula is C46H49N2O2+. The molecule has 3 aromatic carbocycles. The van der Waals surface area contributed by atoms with Gasteiger partial charge in [0.05, 0.1) is 5.39 Å². The number of hydrogen-bond donors (Lipinski definition) is 1. The van der Waals surface area contributed by atoms with Gasteiger partial charge in [-0.2, -0.15) is 4.57 Å². The number of carbonyl (C=O) groups is 1. The summed E-state index contributed by atoms with van der Waals surface area (Å²) in [6, 6.07) is 32.8. The van der Waals surface area contributed by atoms with Crippen LogP contribution >= 0.6 is 0 Å². The van der Waals surface area contributed by atoms with E-state index >= 15 is 0 Å². The summed E-state index contributed by atoms with van der Waals surface area (Å²) in [5.41, 5.74) is 7.31. The van der Waals surface area contributed by atoms with Gasteiger partial charge in [0.2, 0.25) is 12.1 Å². The molecule has 254 valence electrons. The van der Waals surface area contributed by atoms with Crippen molar-refractivity contribution in [3.63, 3.8) is 0 Å². The van der Waals surface area contributed by atoms with Crippen molar-refractivity contribution in [1.29, 1.82) is 0 Å². The summed E-state index contributed by atoms with van der Waals surface area (Å²) in [5.74, 6) is 0.585. The number of aliphatic carboxylic acids is 1. The highest BCUT2D eigenvalue weighted by atomic mass is 16.4. The number of fused-ring (bicyclic) bond motifs is 4. The second-order valence-corrected chi connectivity index (χ2v) is 14.5. The fourth-order valence-electron chi connectivity index (χ4n) is 9.16. The summed E-state index contributed by atoms with van der Waals surface area (Å²) >= 11 is 0. The molecule has 3 aliphatic rings. The monoisotopic (exact) mass is 661 g/mol. The number of pyridine rings is 1. The first-order valence-electron chi connectivity index (χ1n) is 18.3. The van der Waals surface area contributed by atoms with Gasteiger partial charge >= 0.3 is 5.97 Å². The number of nitrogens with zero attached hydrogens (tertiary/aromatic N) is 2. The highest BCUT2D eigenvalue weighted by Crippen LogP contribution is 2.54. The van der Waals surface area contributed by atoms with Gasteiger partial charge in [-0.25, -0.2) is 4.79 Å². The second kappa shape index (κ2) is 14.6. The lowest BCUT2D eigenvalue weighted by molar-refractivity contribution is -0.660. The molecular weight excluding hydrogens is 613 g/mol. The fraction of sp³-hybridized carbons (Fsp3) is 0.304. The van der Waals surface area contributed by atoms with Crippen molar-refractivity contribution in [1.82, 2.24) is 4.90 Å². The Kier molecular flexibility index (Phi) is 9.83. The first-order chi connectivity index (χ1) is 24.4. The molecule has 1 aliphatic heterocycles. The van der Waals surface area contributed by atoms with E-state index in [9.17, 15) is 9.90 Å². The lowest BCUT2D eigenvalue weighted by atomic mass is 9.75. The molecule has 5 unspecified atom stereocenters. The molecule has 0 radical (unpaired) electrons. The van der Waals surface area contributed by atoms with E-state index in [1.54, 1.807) is 4.57 Å². The van der Waals surface area contributed by atoms with Crippen LogP contribution < -0.4 is 4.57 Å². The first-order valence-corrected chi connectivity index (χ1v) is 18.3. The first kappa shape index (κ1) is 33.7. The molecule has 4 heteroatoms. The zero-order valence-electron chi connectivity index (χ0n) is 29.5. The maximum Gasteiger partial charge on any atom is 0.370 e. The van der Waals surface area contributed by atoms with Crippen molar-refractivity contribution in [2.75, 3.05) is 0 Å². The Hall–Kier alpha value is -4.80. The number of benzene rings is 3. The van der Waals surface area contributed by atoms with Crippen molar-refractivity contribution in [2.24, 2.45) is 11.8 Å². The minimum absolute atomic E-state index is 0.0363. The normalized spacial score (nSPS) is 24.3. The van der Waals surface area contributed by atoms with Crippen LogP contribution in [0.5, 0.6) is 0 Å². The third-order valence-corrected chi connectivity index (χ3v) is 11.5. The molecule has 7 rings (SSSR count). The molecule has 0 amide bonds. The molecule has 2 aliphatic carbocycles. The molecule has 4 nitrogen and oxygen atoms in total.